The van der Waals surface area contributed by atoms with Crippen molar-refractivity contribution >= 4 is 34.1 Å². The Balaban J connectivity index is 2.41. The fourth-order valence-corrected chi connectivity index (χ4v) is 2.53. The molecule has 0 aliphatic rings. The number of aromatic nitrogens is 1. The van der Waals surface area contributed by atoms with Crippen LogP contribution in [0, 0.1) is 0 Å². The topological polar surface area (TPSA) is 4.93 Å². The fraction of sp³-hybridized carbons (Fsp3) is 0. The van der Waals surface area contributed by atoms with Crippen LogP contribution in [0.1, 0.15) is 0 Å². The second kappa shape index (κ2) is 4.10. The highest BCUT2D eigenvalue weighted by atomic mass is 35.5. The highest BCUT2D eigenvalue weighted by molar-refractivity contribution is 6.45. The van der Waals surface area contributed by atoms with Crippen LogP contribution in [0.3, 0.4) is 0 Å². The van der Waals surface area contributed by atoms with Gasteiger partial charge in [0.25, 0.3) is 0 Å². The number of rotatable bonds is 1. The molecule has 1 aromatic heterocycles. The summed E-state index contributed by atoms with van der Waals surface area (Å²) in [6.45, 7) is 0. The van der Waals surface area contributed by atoms with Crippen LogP contribution in [0.5, 0.6) is 0 Å². The summed E-state index contributed by atoms with van der Waals surface area (Å²) in [6, 6.07) is 17.9. The second-order valence-electron chi connectivity index (χ2n) is 3.79. The molecule has 3 heteroatoms. The van der Waals surface area contributed by atoms with E-state index in [1.54, 1.807) is 0 Å². The smallest absolute Gasteiger partial charge is 0.133 e. The van der Waals surface area contributed by atoms with Crippen LogP contribution in [-0.2, 0) is 0 Å². The van der Waals surface area contributed by atoms with Gasteiger partial charge in [0.1, 0.15) is 5.15 Å². The molecule has 0 aliphatic carbocycles. The first-order chi connectivity index (χ1) is 8.29. The Kier molecular flexibility index (Phi) is 2.58. The minimum absolute atomic E-state index is 0.555. The van der Waals surface area contributed by atoms with E-state index in [0.717, 1.165) is 16.6 Å². The molecule has 0 N–H and O–H groups in total. The zero-order valence-electron chi connectivity index (χ0n) is 8.90. The lowest BCUT2D eigenvalue weighted by atomic mass is 10.2. The zero-order valence-corrected chi connectivity index (χ0v) is 10.4. The average molecular weight is 262 g/mol. The van der Waals surface area contributed by atoms with Gasteiger partial charge in [0, 0.05) is 11.1 Å². The maximum absolute atomic E-state index is 6.30. The maximum atomic E-state index is 6.30. The summed E-state index contributed by atoms with van der Waals surface area (Å²) in [7, 11) is 0. The molecule has 0 amide bonds. The maximum Gasteiger partial charge on any atom is 0.133 e. The first-order valence-corrected chi connectivity index (χ1v) is 6.04. The van der Waals surface area contributed by atoms with E-state index in [-0.39, 0.29) is 0 Å². The van der Waals surface area contributed by atoms with Gasteiger partial charge < -0.3 is 0 Å². The van der Waals surface area contributed by atoms with Crippen LogP contribution in [0.15, 0.2) is 54.6 Å². The summed E-state index contributed by atoms with van der Waals surface area (Å²) < 4.78 is 1.96. The Morgan fingerprint density at radius 2 is 1.41 bits per heavy atom. The van der Waals surface area contributed by atoms with E-state index in [2.05, 4.69) is 0 Å². The van der Waals surface area contributed by atoms with E-state index in [9.17, 15) is 0 Å². The molecule has 1 heterocycles. The van der Waals surface area contributed by atoms with Crippen molar-refractivity contribution in [1.82, 2.24) is 4.57 Å². The fourth-order valence-electron chi connectivity index (χ4n) is 2.00. The molecular formula is C14H9Cl2N. The molecule has 84 valence electrons. The molecule has 1 nitrogen and oxygen atoms in total. The number of benzene rings is 2. The minimum Gasteiger partial charge on any atom is -0.299 e. The molecule has 0 saturated heterocycles. The van der Waals surface area contributed by atoms with Crippen molar-refractivity contribution in [2.24, 2.45) is 0 Å². The Morgan fingerprint density at radius 1 is 0.765 bits per heavy atom. The van der Waals surface area contributed by atoms with Crippen LogP contribution in [0.4, 0.5) is 0 Å². The number of halogens is 2. The third-order valence-electron chi connectivity index (χ3n) is 2.77. The monoisotopic (exact) mass is 261 g/mol. The minimum atomic E-state index is 0.555. The third kappa shape index (κ3) is 1.63. The lowest BCUT2D eigenvalue weighted by Gasteiger charge is -2.06. The van der Waals surface area contributed by atoms with Crippen LogP contribution in [0.2, 0.25) is 10.2 Å². The summed E-state index contributed by atoms with van der Waals surface area (Å²) in [5.41, 5.74) is 2.04. The molecule has 0 fully saturated rings. The van der Waals surface area contributed by atoms with Gasteiger partial charge in [-0.2, -0.15) is 0 Å². The van der Waals surface area contributed by atoms with Gasteiger partial charge in [-0.25, -0.2) is 0 Å². The van der Waals surface area contributed by atoms with Gasteiger partial charge >= 0.3 is 0 Å². The van der Waals surface area contributed by atoms with Gasteiger partial charge in [0.05, 0.1) is 10.5 Å². The van der Waals surface area contributed by atoms with E-state index in [1.165, 1.54) is 0 Å². The number of hydrogen-bond donors (Lipinski definition) is 0. The summed E-state index contributed by atoms with van der Waals surface area (Å²) >= 11 is 12.5. The average Bonchev–Trinajstić information content (AvgIpc) is 2.64. The number of para-hydroxylation sites is 2. The van der Waals surface area contributed by atoms with Gasteiger partial charge in [-0.15, -0.1) is 0 Å². The van der Waals surface area contributed by atoms with Crippen LogP contribution >= 0.6 is 23.2 Å². The Hall–Kier alpha value is -1.44. The quantitative estimate of drug-likeness (QED) is 0.585. The summed E-state index contributed by atoms with van der Waals surface area (Å²) in [5.74, 6) is 0. The van der Waals surface area contributed by atoms with Crippen molar-refractivity contribution in [3.8, 4) is 5.69 Å². The molecule has 0 saturated carbocycles. The van der Waals surface area contributed by atoms with E-state index in [0.29, 0.717) is 10.2 Å². The van der Waals surface area contributed by atoms with Crippen molar-refractivity contribution in [3.63, 3.8) is 0 Å². The molecule has 0 radical (unpaired) electrons. The molecule has 0 atom stereocenters. The molecule has 0 unspecified atom stereocenters. The third-order valence-corrected chi connectivity index (χ3v) is 3.61. The first-order valence-electron chi connectivity index (χ1n) is 5.29. The Bertz CT molecular complexity index is 671. The lowest BCUT2D eigenvalue weighted by Crippen LogP contribution is -1.92. The molecule has 3 rings (SSSR count). The molecule has 3 aromatic rings. The molecular weight excluding hydrogens is 253 g/mol. The SMILES string of the molecule is Clc1c(Cl)n(-c2ccccc2)c2ccccc12. The molecule has 17 heavy (non-hydrogen) atoms. The van der Waals surface area contributed by atoms with Gasteiger partial charge in [0.15, 0.2) is 0 Å². The number of nitrogens with zero attached hydrogens (tertiary/aromatic N) is 1. The van der Waals surface area contributed by atoms with Crippen LogP contribution < -0.4 is 0 Å². The first kappa shape index (κ1) is 10.7. The highest BCUT2D eigenvalue weighted by Crippen LogP contribution is 2.36. The van der Waals surface area contributed by atoms with Crippen molar-refractivity contribution in [2.75, 3.05) is 0 Å². The van der Waals surface area contributed by atoms with Gasteiger partial charge in [-0.3, -0.25) is 4.57 Å². The van der Waals surface area contributed by atoms with Crippen LogP contribution in [0.25, 0.3) is 16.6 Å². The van der Waals surface area contributed by atoms with Crippen LogP contribution in [-0.4, -0.2) is 4.57 Å². The highest BCUT2D eigenvalue weighted by Gasteiger charge is 2.14. The van der Waals surface area contributed by atoms with Crippen molar-refractivity contribution in [2.45, 2.75) is 0 Å². The molecule has 0 bridgehead atoms. The molecule has 0 spiro atoms. The second-order valence-corrected chi connectivity index (χ2v) is 4.53. The lowest BCUT2D eigenvalue weighted by molar-refractivity contribution is 1.13. The standard InChI is InChI=1S/C14H9Cl2N/c15-13-11-8-4-5-9-12(11)17(14(13)16)10-6-2-1-3-7-10/h1-9H. The van der Waals surface area contributed by atoms with Crippen molar-refractivity contribution < 1.29 is 0 Å². The van der Waals surface area contributed by atoms with E-state index >= 15 is 0 Å². The van der Waals surface area contributed by atoms with Gasteiger partial charge in [-0.05, 0) is 18.2 Å². The largest absolute Gasteiger partial charge is 0.299 e. The Morgan fingerprint density at radius 3 is 2.18 bits per heavy atom. The zero-order chi connectivity index (χ0) is 11.8. The number of hydrogen-bond acceptors (Lipinski definition) is 0. The normalized spacial score (nSPS) is 10.9. The van der Waals surface area contributed by atoms with Crippen molar-refractivity contribution in [3.05, 3.63) is 64.8 Å². The van der Waals surface area contributed by atoms with Gasteiger partial charge in [0.2, 0.25) is 0 Å². The van der Waals surface area contributed by atoms with E-state index in [4.69, 9.17) is 23.2 Å². The van der Waals surface area contributed by atoms with E-state index in [1.807, 2.05) is 59.2 Å². The molecule has 2 aromatic carbocycles. The number of fused-ring (bicyclic) bond motifs is 1. The summed E-state index contributed by atoms with van der Waals surface area (Å²) in [5, 5.41) is 2.13. The summed E-state index contributed by atoms with van der Waals surface area (Å²) in [6.07, 6.45) is 0. The predicted molar refractivity (Wildman–Crippen MR) is 73.3 cm³/mol. The summed E-state index contributed by atoms with van der Waals surface area (Å²) in [4.78, 5) is 0. The van der Waals surface area contributed by atoms with E-state index < -0.39 is 0 Å². The Labute approximate surface area is 109 Å². The van der Waals surface area contributed by atoms with Crippen molar-refractivity contribution in [1.29, 1.82) is 0 Å². The molecule has 0 aliphatic heterocycles. The van der Waals surface area contributed by atoms with Gasteiger partial charge in [-0.1, -0.05) is 59.6 Å². The predicted octanol–water partition coefficient (Wildman–Crippen LogP) is 4.94.